The zero-order chi connectivity index (χ0) is 25.0. The van der Waals surface area contributed by atoms with Crippen molar-refractivity contribution in [3.05, 3.63) is 91.6 Å². The molecule has 0 aliphatic heterocycles. The topological polar surface area (TPSA) is 117 Å². The fraction of sp³-hybridized carbons (Fsp3) is 0.182. The predicted molar refractivity (Wildman–Crippen MR) is 129 cm³/mol. The summed E-state index contributed by atoms with van der Waals surface area (Å²) >= 11 is 12.1. The molecule has 0 saturated heterocycles. The van der Waals surface area contributed by atoms with Crippen LogP contribution in [0.3, 0.4) is 0 Å². The lowest BCUT2D eigenvalue weighted by Crippen LogP contribution is -2.29. The average molecular weight is 528 g/mol. The van der Waals surface area contributed by atoms with Gasteiger partial charge in [0.1, 0.15) is 23.2 Å². The Morgan fingerprint density at radius 3 is 2.50 bits per heavy atom. The Morgan fingerprint density at radius 1 is 1.18 bits per heavy atom. The molecule has 3 N–H and O–H groups in total. The molecule has 12 heteroatoms. The number of sulfonamides is 1. The summed E-state index contributed by atoms with van der Waals surface area (Å²) in [4.78, 5) is 27.2. The van der Waals surface area contributed by atoms with Crippen LogP contribution in [0.4, 0.5) is 10.1 Å². The molecule has 0 fully saturated rings. The lowest BCUT2D eigenvalue weighted by molar-refractivity contribution is 0.0948. The average Bonchev–Trinajstić information content (AvgIpc) is 2.76. The van der Waals surface area contributed by atoms with Crippen LogP contribution in [0.5, 0.6) is 5.75 Å². The lowest BCUT2D eigenvalue weighted by atomic mass is 10.1. The van der Waals surface area contributed by atoms with Crippen molar-refractivity contribution < 1.29 is 22.3 Å². The number of halogens is 3. The van der Waals surface area contributed by atoms with Crippen LogP contribution < -0.4 is 20.3 Å². The van der Waals surface area contributed by atoms with E-state index in [2.05, 4.69) is 15.0 Å². The number of nitrogens with one attached hydrogen (secondary N) is 3. The third kappa shape index (κ3) is 6.49. The van der Waals surface area contributed by atoms with E-state index in [-0.39, 0.29) is 33.5 Å². The number of anilines is 1. The Balaban J connectivity index is 1.70. The number of benzene rings is 2. The highest BCUT2D eigenvalue weighted by atomic mass is 35.5. The minimum absolute atomic E-state index is 0.0907. The van der Waals surface area contributed by atoms with Gasteiger partial charge < -0.3 is 15.0 Å². The molecule has 0 aliphatic carbocycles. The zero-order valence-electron chi connectivity index (χ0n) is 18.0. The second-order valence-corrected chi connectivity index (χ2v) is 9.88. The van der Waals surface area contributed by atoms with Crippen LogP contribution in [0.15, 0.2) is 53.5 Å². The van der Waals surface area contributed by atoms with Crippen LogP contribution in [0.2, 0.25) is 10.0 Å². The van der Waals surface area contributed by atoms with E-state index in [4.69, 9.17) is 27.9 Å². The molecule has 0 spiro atoms. The molecule has 0 saturated carbocycles. The molecule has 3 rings (SSSR count). The van der Waals surface area contributed by atoms with Gasteiger partial charge in [0.25, 0.3) is 11.5 Å². The first-order valence-corrected chi connectivity index (χ1v) is 12.5. The summed E-state index contributed by atoms with van der Waals surface area (Å²) < 4.78 is 44.4. The number of pyridine rings is 1. The summed E-state index contributed by atoms with van der Waals surface area (Å²) in [6.45, 7) is 1.69. The first-order chi connectivity index (χ1) is 15.9. The van der Waals surface area contributed by atoms with Gasteiger partial charge in [-0.1, -0.05) is 35.3 Å². The van der Waals surface area contributed by atoms with Crippen molar-refractivity contribution in [1.82, 2.24) is 10.3 Å². The molecular weight excluding hydrogens is 508 g/mol. The molecule has 1 atom stereocenters. The van der Waals surface area contributed by atoms with Crippen LogP contribution >= 0.6 is 23.2 Å². The van der Waals surface area contributed by atoms with Crippen LogP contribution in [0.1, 0.15) is 34.5 Å². The number of rotatable bonds is 8. The fourth-order valence-corrected chi connectivity index (χ4v) is 4.30. The number of amides is 1. The van der Waals surface area contributed by atoms with Gasteiger partial charge in [-0.15, -0.1) is 0 Å². The van der Waals surface area contributed by atoms with Crippen molar-refractivity contribution in [2.45, 2.75) is 19.6 Å². The highest BCUT2D eigenvalue weighted by molar-refractivity contribution is 7.92. The Kier molecular flexibility index (Phi) is 7.86. The first-order valence-electron chi connectivity index (χ1n) is 9.82. The summed E-state index contributed by atoms with van der Waals surface area (Å²) in [7, 11) is -3.40. The van der Waals surface area contributed by atoms with Crippen LogP contribution in [-0.4, -0.2) is 25.6 Å². The second-order valence-electron chi connectivity index (χ2n) is 7.35. The highest BCUT2D eigenvalue weighted by Gasteiger charge is 2.20. The van der Waals surface area contributed by atoms with E-state index in [0.717, 1.165) is 12.3 Å². The van der Waals surface area contributed by atoms with Crippen molar-refractivity contribution >= 4 is 44.8 Å². The molecular formula is C22H20Cl2FN3O5S. The largest absolute Gasteiger partial charge is 0.484 e. The number of carbonyl (C=O) groups is 1. The third-order valence-electron chi connectivity index (χ3n) is 4.63. The van der Waals surface area contributed by atoms with E-state index in [1.54, 1.807) is 31.2 Å². The van der Waals surface area contributed by atoms with Gasteiger partial charge in [-0.3, -0.25) is 14.3 Å². The maximum atomic E-state index is 13.8. The number of hydrogen-bond acceptors (Lipinski definition) is 5. The van der Waals surface area contributed by atoms with Gasteiger partial charge in [-0.05, 0) is 42.8 Å². The van der Waals surface area contributed by atoms with E-state index in [9.17, 15) is 22.4 Å². The summed E-state index contributed by atoms with van der Waals surface area (Å²) in [5.74, 6) is -1.16. The van der Waals surface area contributed by atoms with Gasteiger partial charge in [0, 0.05) is 29.0 Å². The predicted octanol–water partition coefficient (Wildman–Crippen LogP) is 4.26. The molecule has 0 radical (unpaired) electrons. The molecule has 0 bridgehead atoms. The molecule has 3 aromatic rings. The van der Waals surface area contributed by atoms with Crippen molar-refractivity contribution in [2.24, 2.45) is 0 Å². The summed E-state index contributed by atoms with van der Waals surface area (Å²) in [6, 6.07) is 10.1. The summed E-state index contributed by atoms with van der Waals surface area (Å²) in [5, 5.41) is 2.64. The molecule has 8 nitrogen and oxygen atoms in total. The minimum atomic E-state index is -3.40. The fourth-order valence-electron chi connectivity index (χ4n) is 3.06. The Hall–Kier alpha value is -3.08. The molecule has 2 aromatic carbocycles. The van der Waals surface area contributed by atoms with Crippen molar-refractivity contribution in [1.29, 1.82) is 0 Å². The van der Waals surface area contributed by atoms with Gasteiger partial charge in [0.2, 0.25) is 10.0 Å². The van der Waals surface area contributed by atoms with E-state index in [1.165, 1.54) is 18.3 Å². The number of H-pyrrole nitrogens is 1. The number of hydrogen-bond donors (Lipinski definition) is 3. The van der Waals surface area contributed by atoms with Crippen LogP contribution in [0, 0.1) is 5.82 Å². The van der Waals surface area contributed by atoms with E-state index < -0.39 is 33.4 Å². The zero-order valence-corrected chi connectivity index (χ0v) is 20.3. The molecule has 1 heterocycles. The third-order valence-corrected chi connectivity index (χ3v) is 5.95. The summed E-state index contributed by atoms with van der Waals surface area (Å²) in [5.41, 5.74) is 0.463. The van der Waals surface area contributed by atoms with Gasteiger partial charge in [0.05, 0.1) is 11.3 Å². The maximum absolute atomic E-state index is 13.8. The Morgan fingerprint density at radius 2 is 1.85 bits per heavy atom. The molecule has 1 aromatic heterocycles. The van der Waals surface area contributed by atoms with E-state index in [0.29, 0.717) is 11.3 Å². The monoisotopic (exact) mass is 527 g/mol. The van der Waals surface area contributed by atoms with E-state index in [1.807, 2.05) is 0 Å². The SMILES string of the molecule is C[C@@H](Oc1c[nH]c(=O)c(C(=O)NCc2ccc(NS(C)(=O)=O)cc2)c1)c1c(Cl)ccc(F)c1Cl. The molecule has 180 valence electrons. The number of aromatic nitrogens is 1. The highest BCUT2D eigenvalue weighted by Crippen LogP contribution is 2.34. The second kappa shape index (κ2) is 10.5. The van der Waals surface area contributed by atoms with Crippen molar-refractivity contribution in [2.75, 3.05) is 11.0 Å². The minimum Gasteiger partial charge on any atom is -0.484 e. The number of aromatic amines is 1. The lowest BCUT2D eigenvalue weighted by Gasteiger charge is -2.18. The van der Waals surface area contributed by atoms with Gasteiger partial charge in [-0.2, -0.15) is 0 Å². The number of carbonyl (C=O) groups excluding carboxylic acids is 1. The quantitative estimate of drug-likeness (QED) is 0.378. The van der Waals surface area contributed by atoms with E-state index >= 15 is 0 Å². The Labute approximate surface area is 205 Å². The summed E-state index contributed by atoms with van der Waals surface area (Å²) in [6.07, 6.45) is 1.53. The number of ether oxygens (including phenoxy) is 1. The van der Waals surface area contributed by atoms with Crippen molar-refractivity contribution in [3.63, 3.8) is 0 Å². The molecule has 34 heavy (non-hydrogen) atoms. The Bertz CT molecular complexity index is 1380. The molecule has 1 amide bonds. The van der Waals surface area contributed by atoms with Crippen LogP contribution in [-0.2, 0) is 16.6 Å². The van der Waals surface area contributed by atoms with Gasteiger partial charge >= 0.3 is 0 Å². The van der Waals surface area contributed by atoms with Crippen molar-refractivity contribution in [3.8, 4) is 5.75 Å². The smallest absolute Gasteiger partial charge is 0.261 e. The first kappa shape index (κ1) is 25.5. The normalized spacial score (nSPS) is 12.1. The maximum Gasteiger partial charge on any atom is 0.261 e. The standard InChI is InChI=1S/C22H20Cl2FN3O5S/c1-12(19-17(23)7-8-18(25)20(19)24)33-15-9-16(22(30)27-11-15)21(29)26-10-13-3-5-14(6-4-13)28-34(2,31)32/h3-9,11-12,28H,10H2,1-2H3,(H,26,29)(H,27,30)/t12-/m1/s1. The van der Waals surface area contributed by atoms with Gasteiger partial charge in [0.15, 0.2) is 0 Å². The van der Waals surface area contributed by atoms with Crippen LogP contribution in [0.25, 0.3) is 0 Å². The molecule has 0 unspecified atom stereocenters. The van der Waals surface area contributed by atoms with Gasteiger partial charge in [-0.25, -0.2) is 12.8 Å². The molecule has 0 aliphatic rings.